The highest BCUT2D eigenvalue weighted by Crippen LogP contribution is 2.29. The lowest BCUT2D eigenvalue weighted by atomic mass is 10.1. The van der Waals surface area contributed by atoms with Gasteiger partial charge in [0, 0.05) is 37.5 Å². The van der Waals surface area contributed by atoms with Gasteiger partial charge in [0.15, 0.2) is 11.2 Å². The third-order valence-electron chi connectivity index (χ3n) is 3.65. The molecule has 2 heterocycles. The molecule has 0 aliphatic carbocycles. The molecule has 3 aromatic rings. The van der Waals surface area contributed by atoms with E-state index in [4.69, 9.17) is 4.74 Å². The van der Waals surface area contributed by atoms with Crippen LogP contribution in [0.5, 0.6) is 0 Å². The number of methoxy groups -OCH3 is 1. The van der Waals surface area contributed by atoms with Gasteiger partial charge in [0.2, 0.25) is 0 Å². The second-order valence-corrected chi connectivity index (χ2v) is 6.01. The Balaban J connectivity index is 1.82. The van der Waals surface area contributed by atoms with E-state index in [2.05, 4.69) is 9.97 Å². The number of hydrogen-bond donors (Lipinski definition) is 0. The summed E-state index contributed by atoms with van der Waals surface area (Å²) in [5.41, 5.74) is 2.62. The number of nitrogens with zero attached hydrogens (tertiary/aromatic N) is 3. The van der Waals surface area contributed by atoms with Crippen LogP contribution in [0, 0.1) is 0 Å². The summed E-state index contributed by atoms with van der Waals surface area (Å²) in [6.45, 7) is 0. The van der Waals surface area contributed by atoms with Gasteiger partial charge in [-0.2, -0.15) is 0 Å². The van der Waals surface area contributed by atoms with Crippen molar-refractivity contribution in [1.29, 1.82) is 0 Å². The molecule has 2 aromatic heterocycles. The number of aromatic nitrogens is 2. The van der Waals surface area contributed by atoms with E-state index in [1.54, 1.807) is 19.4 Å². The highest BCUT2D eigenvalue weighted by molar-refractivity contribution is 7.14. The SMILES string of the molecule is COC(C(=O)N(C)c1nc(-c2ccncc2)cs1)c1ccccc1. The fourth-order valence-corrected chi connectivity index (χ4v) is 3.16. The second-order valence-electron chi connectivity index (χ2n) is 5.17. The first-order valence-electron chi connectivity index (χ1n) is 7.42. The molecule has 3 rings (SSSR count). The molecule has 0 aliphatic rings. The average molecular weight is 339 g/mol. The minimum atomic E-state index is -0.649. The summed E-state index contributed by atoms with van der Waals surface area (Å²) in [4.78, 5) is 22.9. The van der Waals surface area contributed by atoms with E-state index in [0.717, 1.165) is 16.8 Å². The maximum Gasteiger partial charge on any atom is 0.262 e. The molecule has 0 saturated carbocycles. The first kappa shape index (κ1) is 16.3. The molecule has 0 aliphatic heterocycles. The summed E-state index contributed by atoms with van der Waals surface area (Å²) in [5, 5.41) is 2.56. The molecule has 0 N–H and O–H groups in total. The van der Waals surface area contributed by atoms with E-state index in [0.29, 0.717) is 5.13 Å². The number of carbonyl (C=O) groups is 1. The Kier molecular flexibility index (Phi) is 4.98. The van der Waals surface area contributed by atoms with E-state index in [1.165, 1.54) is 23.3 Å². The molecule has 5 nitrogen and oxygen atoms in total. The smallest absolute Gasteiger partial charge is 0.262 e. The summed E-state index contributed by atoms with van der Waals surface area (Å²) in [6, 6.07) is 13.2. The fourth-order valence-electron chi connectivity index (χ4n) is 2.35. The Morgan fingerprint density at radius 2 is 1.88 bits per heavy atom. The third kappa shape index (κ3) is 3.34. The molecule has 0 radical (unpaired) electrons. The van der Waals surface area contributed by atoms with Crippen molar-refractivity contribution in [3.8, 4) is 11.3 Å². The predicted molar refractivity (Wildman–Crippen MR) is 94.9 cm³/mol. The second kappa shape index (κ2) is 7.33. The van der Waals surface area contributed by atoms with Crippen molar-refractivity contribution in [2.24, 2.45) is 0 Å². The minimum Gasteiger partial charge on any atom is -0.367 e. The van der Waals surface area contributed by atoms with Crippen molar-refractivity contribution in [3.63, 3.8) is 0 Å². The van der Waals surface area contributed by atoms with Gasteiger partial charge < -0.3 is 4.74 Å². The number of amides is 1. The Labute approximate surface area is 144 Å². The first-order chi connectivity index (χ1) is 11.7. The summed E-state index contributed by atoms with van der Waals surface area (Å²) in [7, 11) is 3.25. The van der Waals surface area contributed by atoms with Crippen LogP contribution >= 0.6 is 11.3 Å². The van der Waals surface area contributed by atoms with Gasteiger partial charge >= 0.3 is 0 Å². The van der Waals surface area contributed by atoms with Crippen LogP contribution in [-0.4, -0.2) is 30.0 Å². The number of ether oxygens (including phenoxy) is 1. The highest BCUT2D eigenvalue weighted by atomic mass is 32.1. The number of likely N-dealkylation sites (N-methyl/N-ethyl adjacent to an activating group) is 1. The number of rotatable bonds is 5. The van der Waals surface area contributed by atoms with Crippen LogP contribution in [-0.2, 0) is 9.53 Å². The van der Waals surface area contributed by atoms with Gasteiger partial charge in [-0.25, -0.2) is 4.98 Å². The standard InChI is InChI=1S/C18H17N3O2S/c1-21(17(22)16(23-2)14-6-4-3-5-7-14)18-20-15(12-24-18)13-8-10-19-11-9-13/h3-12,16H,1-2H3. The number of pyridine rings is 1. The molecule has 24 heavy (non-hydrogen) atoms. The van der Waals surface area contributed by atoms with E-state index < -0.39 is 6.10 Å². The number of carbonyl (C=O) groups excluding carboxylic acids is 1. The van der Waals surface area contributed by atoms with Crippen LogP contribution in [0.15, 0.2) is 60.2 Å². The molecule has 1 aromatic carbocycles. The average Bonchev–Trinajstić information content (AvgIpc) is 3.13. The maximum absolute atomic E-state index is 12.8. The number of benzene rings is 1. The van der Waals surface area contributed by atoms with Crippen molar-refractivity contribution in [2.45, 2.75) is 6.10 Å². The molecule has 0 fully saturated rings. The maximum atomic E-state index is 12.8. The Morgan fingerprint density at radius 1 is 1.17 bits per heavy atom. The normalized spacial score (nSPS) is 11.9. The molecule has 1 atom stereocenters. The Bertz CT molecular complexity index is 805. The van der Waals surface area contributed by atoms with Crippen LogP contribution in [0.4, 0.5) is 5.13 Å². The van der Waals surface area contributed by atoms with E-state index in [9.17, 15) is 4.79 Å². The molecular weight excluding hydrogens is 322 g/mol. The van der Waals surface area contributed by atoms with Crippen LogP contribution in [0.3, 0.4) is 0 Å². The molecule has 122 valence electrons. The molecular formula is C18H17N3O2S. The van der Waals surface area contributed by atoms with Crippen LogP contribution < -0.4 is 4.90 Å². The van der Waals surface area contributed by atoms with Crippen molar-refractivity contribution < 1.29 is 9.53 Å². The first-order valence-corrected chi connectivity index (χ1v) is 8.30. The van der Waals surface area contributed by atoms with Crippen molar-refractivity contribution in [1.82, 2.24) is 9.97 Å². The topological polar surface area (TPSA) is 55.3 Å². The zero-order valence-corrected chi connectivity index (χ0v) is 14.2. The lowest BCUT2D eigenvalue weighted by Crippen LogP contribution is -2.32. The number of anilines is 1. The van der Waals surface area contributed by atoms with Gasteiger partial charge in [-0.15, -0.1) is 11.3 Å². The fraction of sp³-hybridized carbons (Fsp3) is 0.167. The summed E-state index contributed by atoms with van der Waals surface area (Å²) in [5.74, 6) is -0.153. The lowest BCUT2D eigenvalue weighted by Gasteiger charge is -2.21. The Hall–Kier alpha value is -2.57. The highest BCUT2D eigenvalue weighted by Gasteiger charge is 2.26. The minimum absolute atomic E-state index is 0.153. The molecule has 6 heteroatoms. The predicted octanol–water partition coefficient (Wildman–Crippen LogP) is 3.56. The molecule has 1 amide bonds. The summed E-state index contributed by atoms with van der Waals surface area (Å²) >= 11 is 1.42. The summed E-state index contributed by atoms with van der Waals surface area (Å²) in [6.07, 6.45) is 2.79. The zero-order valence-electron chi connectivity index (χ0n) is 13.4. The van der Waals surface area contributed by atoms with Gasteiger partial charge in [-0.3, -0.25) is 14.7 Å². The van der Waals surface area contributed by atoms with Gasteiger partial charge in [0.25, 0.3) is 5.91 Å². The molecule has 0 saturated heterocycles. The van der Waals surface area contributed by atoms with Gasteiger partial charge in [0.05, 0.1) is 5.69 Å². The largest absolute Gasteiger partial charge is 0.367 e. The summed E-state index contributed by atoms with van der Waals surface area (Å²) < 4.78 is 5.41. The zero-order chi connectivity index (χ0) is 16.9. The van der Waals surface area contributed by atoms with Gasteiger partial charge in [-0.1, -0.05) is 30.3 Å². The van der Waals surface area contributed by atoms with Gasteiger partial charge in [0.1, 0.15) is 0 Å². The third-order valence-corrected chi connectivity index (χ3v) is 4.57. The van der Waals surface area contributed by atoms with Crippen LogP contribution in [0.2, 0.25) is 0 Å². The molecule has 1 unspecified atom stereocenters. The van der Waals surface area contributed by atoms with Crippen LogP contribution in [0.1, 0.15) is 11.7 Å². The quantitative estimate of drug-likeness (QED) is 0.713. The molecule has 0 spiro atoms. The monoisotopic (exact) mass is 339 g/mol. The number of thiazole rings is 1. The lowest BCUT2D eigenvalue weighted by molar-refractivity contribution is -0.128. The van der Waals surface area contributed by atoms with Crippen molar-refractivity contribution in [2.75, 3.05) is 19.1 Å². The van der Waals surface area contributed by atoms with E-state index in [-0.39, 0.29) is 5.91 Å². The molecule has 0 bridgehead atoms. The van der Waals surface area contributed by atoms with Gasteiger partial charge in [-0.05, 0) is 17.7 Å². The number of hydrogen-bond acceptors (Lipinski definition) is 5. The van der Waals surface area contributed by atoms with E-state index in [1.807, 2.05) is 47.8 Å². The van der Waals surface area contributed by atoms with E-state index >= 15 is 0 Å². The van der Waals surface area contributed by atoms with Crippen molar-refractivity contribution >= 4 is 22.4 Å². The Morgan fingerprint density at radius 3 is 2.54 bits per heavy atom. The van der Waals surface area contributed by atoms with Crippen LogP contribution in [0.25, 0.3) is 11.3 Å². The van der Waals surface area contributed by atoms with Crippen molar-refractivity contribution in [3.05, 3.63) is 65.8 Å².